The number of ketones is 1. The second-order valence-corrected chi connectivity index (χ2v) is 11.2. The van der Waals surface area contributed by atoms with E-state index in [4.69, 9.17) is 11.6 Å². The largest absolute Gasteiger partial charge is 0.522 e. The van der Waals surface area contributed by atoms with Crippen molar-refractivity contribution in [2.75, 3.05) is 44.6 Å². The summed E-state index contributed by atoms with van der Waals surface area (Å²) in [5, 5.41) is 16.2. The molecule has 0 aliphatic carbocycles. The lowest BCUT2D eigenvalue weighted by Crippen LogP contribution is -2.50. The van der Waals surface area contributed by atoms with Gasteiger partial charge in [-0.2, -0.15) is 5.10 Å². The molecule has 2 amide bonds. The number of aromatic nitrogens is 5. The van der Waals surface area contributed by atoms with E-state index in [1.165, 1.54) is 10.9 Å². The van der Waals surface area contributed by atoms with Gasteiger partial charge in [0.25, 0.3) is 5.91 Å². The van der Waals surface area contributed by atoms with Gasteiger partial charge in [0.2, 0.25) is 5.91 Å². The molecule has 4 heterocycles. The maximum atomic E-state index is 13.4. The molecule has 3 aromatic heterocycles. The molecule has 0 spiro atoms. The Kier molecular flexibility index (Phi) is 10.0. The van der Waals surface area contributed by atoms with Gasteiger partial charge < -0.3 is 14.8 Å². The summed E-state index contributed by atoms with van der Waals surface area (Å²) in [6.45, 7) is 4.84. The van der Waals surface area contributed by atoms with Crippen molar-refractivity contribution in [2.24, 2.45) is 0 Å². The number of hydrogen-bond donors (Lipinski definition) is 1. The van der Waals surface area contributed by atoms with Gasteiger partial charge in [-0.3, -0.25) is 24.0 Å². The van der Waals surface area contributed by atoms with Crippen molar-refractivity contribution in [3.05, 3.63) is 64.6 Å². The number of nitrogens with zero attached hydrogens (tertiary/aromatic N) is 7. The molecule has 0 unspecified atom stereocenters. The molecule has 1 fully saturated rings. The Morgan fingerprint density at radius 1 is 1.04 bits per heavy atom. The highest BCUT2D eigenvalue weighted by atomic mass is 35.5. The standard InChI is InChI=1S/C30H32ClF3N8O4/c1-3-4-25(43)22-16-35-42(19(22)2)27-8-7-26(37-38-27)36-29(45)23-17-41(24-6-5-20(31)15-21(23)24)18-28(44)40-11-9-39(10-12-40)13-14-46-30(32,33)34/h5-8,15-17H,3-4,9-14,18H2,1-2H3,(H,36,37,45). The third kappa shape index (κ3) is 7.71. The third-order valence-electron chi connectivity index (χ3n) is 7.69. The average Bonchev–Trinajstić information content (AvgIpc) is 3.57. The minimum absolute atomic E-state index is 0.000449. The van der Waals surface area contributed by atoms with Crippen molar-refractivity contribution in [2.45, 2.75) is 39.6 Å². The fourth-order valence-electron chi connectivity index (χ4n) is 5.30. The van der Waals surface area contributed by atoms with E-state index in [1.54, 1.807) is 52.9 Å². The van der Waals surface area contributed by atoms with Crippen LogP contribution in [0, 0.1) is 6.92 Å². The van der Waals surface area contributed by atoms with Gasteiger partial charge in [-0.1, -0.05) is 18.5 Å². The van der Waals surface area contributed by atoms with Gasteiger partial charge in [-0.15, -0.1) is 23.4 Å². The van der Waals surface area contributed by atoms with Crippen LogP contribution in [0.3, 0.4) is 0 Å². The summed E-state index contributed by atoms with van der Waals surface area (Å²) in [6, 6.07) is 8.22. The molecule has 0 bridgehead atoms. The summed E-state index contributed by atoms with van der Waals surface area (Å²) < 4.78 is 43.8. The van der Waals surface area contributed by atoms with E-state index in [1.807, 2.05) is 11.8 Å². The Bertz CT molecular complexity index is 1730. The molecule has 1 aromatic carbocycles. The van der Waals surface area contributed by atoms with E-state index in [9.17, 15) is 27.6 Å². The van der Waals surface area contributed by atoms with Crippen LogP contribution in [0.2, 0.25) is 5.02 Å². The highest BCUT2D eigenvalue weighted by Gasteiger charge is 2.30. The van der Waals surface area contributed by atoms with E-state index in [-0.39, 0.29) is 36.2 Å². The Labute approximate surface area is 267 Å². The number of ether oxygens (including phenoxy) is 1. The average molecular weight is 661 g/mol. The molecule has 1 aliphatic heterocycles. The predicted octanol–water partition coefficient (Wildman–Crippen LogP) is 4.49. The predicted molar refractivity (Wildman–Crippen MR) is 163 cm³/mol. The lowest BCUT2D eigenvalue weighted by molar-refractivity contribution is -0.325. The number of hydrogen-bond acceptors (Lipinski definition) is 8. The zero-order valence-electron chi connectivity index (χ0n) is 25.2. The van der Waals surface area contributed by atoms with Crippen LogP contribution >= 0.6 is 11.6 Å². The fraction of sp³-hybridized carbons (Fsp3) is 0.400. The minimum Gasteiger partial charge on any atom is -0.339 e. The first-order valence-electron chi connectivity index (χ1n) is 14.7. The van der Waals surface area contributed by atoms with Crippen LogP contribution in [0.4, 0.5) is 19.0 Å². The number of carbonyl (C=O) groups excluding carboxylic acids is 3. The maximum absolute atomic E-state index is 13.4. The van der Waals surface area contributed by atoms with Gasteiger partial charge in [0, 0.05) is 61.3 Å². The Hall–Kier alpha value is -4.34. The topological polar surface area (TPSA) is 127 Å². The molecule has 1 N–H and O–H groups in total. The molecule has 1 saturated heterocycles. The second-order valence-electron chi connectivity index (χ2n) is 10.8. The van der Waals surface area contributed by atoms with Crippen molar-refractivity contribution in [1.29, 1.82) is 0 Å². The number of carbonyl (C=O) groups is 3. The first-order valence-corrected chi connectivity index (χ1v) is 15.0. The minimum atomic E-state index is -4.67. The molecule has 46 heavy (non-hydrogen) atoms. The summed E-state index contributed by atoms with van der Waals surface area (Å²) in [5.41, 5.74) is 2.05. The van der Waals surface area contributed by atoms with Crippen molar-refractivity contribution in [3.8, 4) is 5.82 Å². The monoisotopic (exact) mass is 660 g/mol. The number of benzene rings is 1. The van der Waals surface area contributed by atoms with Gasteiger partial charge in [0.15, 0.2) is 17.4 Å². The molecule has 244 valence electrons. The molecule has 0 atom stereocenters. The number of fused-ring (bicyclic) bond motifs is 1. The number of halogens is 4. The lowest BCUT2D eigenvalue weighted by Gasteiger charge is -2.34. The summed E-state index contributed by atoms with van der Waals surface area (Å²) in [7, 11) is 0. The summed E-state index contributed by atoms with van der Waals surface area (Å²) in [6.07, 6.45) is -0.441. The Balaban J connectivity index is 1.25. The third-order valence-corrected chi connectivity index (χ3v) is 7.92. The van der Waals surface area contributed by atoms with Crippen LogP contribution in [0.5, 0.6) is 0 Å². The van der Waals surface area contributed by atoms with Crippen molar-refractivity contribution < 1.29 is 32.3 Å². The fourth-order valence-corrected chi connectivity index (χ4v) is 5.47. The highest BCUT2D eigenvalue weighted by molar-refractivity contribution is 6.31. The number of piperazine rings is 1. The van der Waals surface area contributed by atoms with E-state index >= 15 is 0 Å². The highest BCUT2D eigenvalue weighted by Crippen LogP contribution is 2.26. The smallest absolute Gasteiger partial charge is 0.339 e. The Morgan fingerprint density at radius 3 is 2.48 bits per heavy atom. The molecule has 12 nitrogen and oxygen atoms in total. The molecular weight excluding hydrogens is 629 g/mol. The number of alkyl halides is 3. The van der Waals surface area contributed by atoms with Gasteiger partial charge in [-0.25, -0.2) is 4.68 Å². The van der Waals surface area contributed by atoms with E-state index in [2.05, 4.69) is 25.3 Å². The quantitative estimate of drug-likeness (QED) is 0.233. The molecule has 16 heteroatoms. The van der Waals surface area contributed by atoms with Crippen molar-refractivity contribution in [3.63, 3.8) is 0 Å². The van der Waals surface area contributed by atoms with Crippen LogP contribution in [-0.4, -0.2) is 97.6 Å². The maximum Gasteiger partial charge on any atom is 0.522 e. The number of Topliss-reactive ketones (excluding diaryl/α,β-unsaturated/α-hetero) is 1. The lowest BCUT2D eigenvalue weighted by atomic mass is 10.1. The van der Waals surface area contributed by atoms with Gasteiger partial charge >= 0.3 is 6.36 Å². The molecule has 5 rings (SSSR count). The normalized spacial score (nSPS) is 14.2. The zero-order chi connectivity index (χ0) is 33.0. The number of anilines is 1. The van der Waals surface area contributed by atoms with Crippen LogP contribution in [0.15, 0.2) is 42.7 Å². The first kappa shape index (κ1) is 33.0. The van der Waals surface area contributed by atoms with E-state index in [0.29, 0.717) is 65.6 Å². The summed E-state index contributed by atoms with van der Waals surface area (Å²) in [4.78, 5) is 42.4. The summed E-state index contributed by atoms with van der Waals surface area (Å²) in [5.74, 6) is -0.125. The number of nitrogens with one attached hydrogen (secondary N) is 1. The summed E-state index contributed by atoms with van der Waals surface area (Å²) >= 11 is 6.25. The Morgan fingerprint density at radius 2 is 1.80 bits per heavy atom. The zero-order valence-corrected chi connectivity index (χ0v) is 25.9. The van der Waals surface area contributed by atoms with Gasteiger partial charge in [0.1, 0.15) is 6.54 Å². The molecule has 1 aliphatic rings. The van der Waals surface area contributed by atoms with Crippen LogP contribution in [-0.2, 0) is 16.1 Å². The van der Waals surface area contributed by atoms with Gasteiger partial charge in [-0.05, 0) is 43.7 Å². The van der Waals surface area contributed by atoms with Crippen LogP contribution in [0.25, 0.3) is 16.7 Å². The van der Waals surface area contributed by atoms with E-state index < -0.39 is 18.9 Å². The SMILES string of the molecule is CCCC(=O)c1cnn(-c2ccc(NC(=O)c3cn(CC(=O)N4CCN(CCOC(F)(F)F)CC4)c4ccc(Cl)cc34)nn2)c1C. The molecule has 4 aromatic rings. The van der Waals surface area contributed by atoms with Crippen molar-refractivity contribution in [1.82, 2.24) is 34.3 Å². The molecular formula is C30H32ClF3N8O4. The number of amides is 2. The van der Waals surface area contributed by atoms with E-state index in [0.717, 1.165) is 6.42 Å². The van der Waals surface area contributed by atoms with Crippen LogP contribution in [0.1, 0.15) is 46.2 Å². The first-order chi connectivity index (χ1) is 21.9. The number of rotatable bonds is 11. The van der Waals surface area contributed by atoms with Gasteiger partial charge in [0.05, 0.1) is 29.6 Å². The molecule has 0 saturated carbocycles. The van der Waals surface area contributed by atoms with Crippen LogP contribution < -0.4 is 5.32 Å². The second kappa shape index (κ2) is 14.0. The van der Waals surface area contributed by atoms with Crippen molar-refractivity contribution >= 4 is 45.9 Å². The molecule has 0 radical (unpaired) electrons.